The Morgan fingerprint density at radius 3 is 3.00 bits per heavy atom. The molecule has 2 aromatic heterocycles. The van der Waals surface area contributed by atoms with Crippen LogP contribution in [0.25, 0.3) is 11.0 Å². The molecule has 0 aliphatic carbocycles. The topological polar surface area (TPSA) is 72.9 Å². The Balaban J connectivity index is 1.96. The van der Waals surface area contributed by atoms with E-state index in [1.54, 1.807) is 11.0 Å². The lowest BCUT2D eigenvalue weighted by molar-refractivity contribution is 0.488. The summed E-state index contributed by atoms with van der Waals surface area (Å²) < 4.78 is 1.78. The van der Waals surface area contributed by atoms with Crippen LogP contribution in [0, 0.1) is 5.92 Å². The van der Waals surface area contributed by atoms with Crippen molar-refractivity contribution >= 4 is 16.9 Å². The van der Waals surface area contributed by atoms with Crippen molar-refractivity contribution in [2.24, 2.45) is 18.7 Å². The monoisotopic (exact) mass is 246 g/mol. The first-order valence-corrected chi connectivity index (χ1v) is 6.30. The van der Waals surface area contributed by atoms with Gasteiger partial charge in [-0.2, -0.15) is 5.10 Å². The summed E-state index contributed by atoms with van der Waals surface area (Å²) in [6.07, 6.45) is 4.58. The first-order chi connectivity index (χ1) is 8.66. The SMILES string of the molecule is CC(N)C1CCN(c2ncnc3c2cnn3C)C1. The van der Waals surface area contributed by atoms with Gasteiger partial charge in [0.2, 0.25) is 0 Å². The molecular weight excluding hydrogens is 228 g/mol. The van der Waals surface area contributed by atoms with Gasteiger partial charge in [-0.15, -0.1) is 0 Å². The predicted molar refractivity (Wildman–Crippen MR) is 70.3 cm³/mol. The zero-order valence-electron chi connectivity index (χ0n) is 10.7. The van der Waals surface area contributed by atoms with E-state index < -0.39 is 0 Å². The van der Waals surface area contributed by atoms with Crippen molar-refractivity contribution in [3.05, 3.63) is 12.5 Å². The largest absolute Gasteiger partial charge is 0.356 e. The highest BCUT2D eigenvalue weighted by atomic mass is 15.3. The number of hydrogen-bond donors (Lipinski definition) is 1. The minimum Gasteiger partial charge on any atom is -0.356 e. The molecule has 3 rings (SSSR count). The zero-order valence-corrected chi connectivity index (χ0v) is 10.7. The van der Waals surface area contributed by atoms with Gasteiger partial charge in [0.05, 0.1) is 11.6 Å². The van der Waals surface area contributed by atoms with Crippen LogP contribution >= 0.6 is 0 Å². The molecule has 0 bridgehead atoms. The molecule has 0 saturated carbocycles. The second kappa shape index (κ2) is 4.20. The second-order valence-electron chi connectivity index (χ2n) is 5.06. The van der Waals surface area contributed by atoms with Crippen molar-refractivity contribution in [2.75, 3.05) is 18.0 Å². The van der Waals surface area contributed by atoms with Crippen LogP contribution < -0.4 is 10.6 Å². The third-order valence-electron chi connectivity index (χ3n) is 3.78. The molecule has 1 saturated heterocycles. The highest BCUT2D eigenvalue weighted by Crippen LogP contribution is 2.28. The molecule has 1 fully saturated rings. The quantitative estimate of drug-likeness (QED) is 0.837. The van der Waals surface area contributed by atoms with Gasteiger partial charge in [-0.1, -0.05) is 0 Å². The highest BCUT2D eigenvalue weighted by Gasteiger charge is 2.27. The number of fused-ring (bicyclic) bond motifs is 1. The van der Waals surface area contributed by atoms with E-state index in [9.17, 15) is 0 Å². The standard InChI is InChI=1S/C12H18N6/c1-8(13)9-3-4-18(6-9)12-10-5-16-17(2)11(10)14-7-15-12/h5,7-9H,3-4,6,13H2,1-2H3. The molecule has 6 nitrogen and oxygen atoms in total. The fourth-order valence-corrected chi connectivity index (χ4v) is 2.61. The smallest absolute Gasteiger partial charge is 0.163 e. The number of hydrogen-bond acceptors (Lipinski definition) is 5. The van der Waals surface area contributed by atoms with Gasteiger partial charge in [0, 0.05) is 26.2 Å². The van der Waals surface area contributed by atoms with E-state index in [1.165, 1.54) is 0 Å². The van der Waals surface area contributed by atoms with Crippen LogP contribution in [0.4, 0.5) is 5.82 Å². The molecule has 0 radical (unpaired) electrons. The fraction of sp³-hybridized carbons (Fsp3) is 0.583. The first kappa shape index (κ1) is 11.4. The lowest BCUT2D eigenvalue weighted by Crippen LogP contribution is -2.30. The second-order valence-corrected chi connectivity index (χ2v) is 5.06. The summed E-state index contributed by atoms with van der Waals surface area (Å²) in [4.78, 5) is 11.0. The number of aryl methyl sites for hydroxylation is 1. The molecule has 2 N–H and O–H groups in total. The van der Waals surface area contributed by atoms with E-state index in [1.807, 2.05) is 13.2 Å². The van der Waals surface area contributed by atoms with Crippen LogP contribution in [0.1, 0.15) is 13.3 Å². The summed E-state index contributed by atoms with van der Waals surface area (Å²) in [6.45, 7) is 4.06. The lowest BCUT2D eigenvalue weighted by atomic mass is 10.0. The summed E-state index contributed by atoms with van der Waals surface area (Å²) >= 11 is 0. The van der Waals surface area contributed by atoms with E-state index in [2.05, 4.69) is 26.9 Å². The molecule has 96 valence electrons. The number of rotatable bonds is 2. The van der Waals surface area contributed by atoms with Crippen molar-refractivity contribution < 1.29 is 0 Å². The average molecular weight is 246 g/mol. The van der Waals surface area contributed by atoms with Gasteiger partial charge in [-0.05, 0) is 19.3 Å². The molecule has 2 unspecified atom stereocenters. The van der Waals surface area contributed by atoms with Gasteiger partial charge >= 0.3 is 0 Å². The Morgan fingerprint density at radius 2 is 2.28 bits per heavy atom. The van der Waals surface area contributed by atoms with Gasteiger partial charge in [0.15, 0.2) is 5.65 Å². The Bertz CT molecular complexity index is 561. The molecule has 0 spiro atoms. The van der Waals surface area contributed by atoms with E-state index in [0.717, 1.165) is 36.4 Å². The summed E-state index contributed by atoms with van der Waals surface area (Å²) in [6, 6.07) is 0.237. The van der Waals surface area contributed by atoms with Crippen molar-refractivity contribution in [1.29, 1.82) is 0 Å². The van der Waals surface area contributed by atoms with Crippen LogP contribution in [-0.4, -0.2) is 38.9 Å². The first-order valence-electron chi connectivity index (χ1n) is 6.30. The van der Waals surface area contributed by atoms with Crippen molar-refractivity contribution in [3.8, 4) is 0 Å². The molecule has 3 heterocycles. The number of anilines is 1. The van der Waals surface area contributed by atoms with E-state index in [-0.39, 0.29) is 6.04 Å². The molecule has 0 aromatic carbocycles. The minimum atomic E-state index is 0.237. The molecule has 1 aliphatic rings. The average Bonchev–Trinajstić information content (AvgIpc) is 2.97. The van der Waals surface area contributed by atoms with Crippen molar-refractivity contribution in [1.82, 2.24) is 19.7 Å². The van der Waals surface area contributed by atoms with E-state index >= 15 is 0 Å². The summed E-state index contributed by atoms with van der Waals surface area (Å²) in [5.74, 6) is 1.53. The van der Waals surface area contributed by atoms with Crippen molar-refractivity contribution in [3.63, 3.8) is 0 Å². The number of nitrogens with zero attached hydrogens (tertiary/aromatic N) is 5. The Labute approximate surface area is 106 Å². The van der Waals surface area contributed by atoms with Crippen LogP contribution in [0.3, 0.4) is 0 Å². The molecular formula is C12H18N6. The van der Waals surface area contributed by atoms with Gasteiger partial charge in [-0.25, -0.2) is 9.97 Å². The van der Waals surface area contributed by atoms with Gasteiger partial charge in [0.25, 0.3) is 0 Å². The van der Waals surface area contributed by atoms with Crippen LogP contribution in [0.2, 0.25) is 0 Å². The van der Waals surface area contributed by atoms with E-state index in [4.69, 9.17) is 5.73 Å². The Kier molecular flexibility index (Phi) is 2.66. The number of aromatic nitrogens is 4. The maximum Gasteiger partial charge on any atom is 0.163 e. The van der Waals surface area contributed by atoms with Gasteiger partial charge < -0.3 is 10.6 Å². The van der Waals surface area contributed by atoms with Crippen molar-refractivity contribution in [2.45, 2.75) is 19.4 Å². The maximum absolute atomic E-state index is 5.98. The molecule has 6 heteroatoms. The predicted octanol–water partition coefficient (Wildman–Crippen LogP) is 0.537. The highest BCUT2D eigenvalue weighted by molar-refractivity contribution is 5.86. The van der Waals surface area contributed by atoms with E-state index in [0.29, 0.717) is 5.92 Å². The zero-order chi connectivity index (χ0) is 12.7. The summed E-state index contributed by atoms with van der Waals surface area (Å²) in [5.41, 5.74) is 6.86. The Hall–Kier alpha value is -1.69. The molecule has 2 aromatic rings. The van der Waals surface area contributed by atoms with Crippen LogP contribution in [0.15, 0.2) is 12.5 Å². The number of nitrogens with two attached hydrogens (primary N) is 1. The van der Waals surface area contributed by atoms with Crippen LogP contribution in [-0.2, 0) is 7.05 Å². The maximum atomic E-state index is 5.98. The third-order valence-corrected chi connectivity index (χ3v) is 3.78. The fourth-order valence-electron chi connectivity index (χ4n) is 2.61. The third kappa shape index (κ3) is 1.73. The minimum absolute atomic E-state index is 0.237. The summed E-state index contributed by atoms with van der Waals surface area (Å²) in [5, 5.41) is 5.26. The Morgan fingerprint density at radius 1 is 1.44 bits per heavy atom. The van der Waals surface area contributed by atoms with Gasteiger partial charge in [0.1, 0.15) is 12.1 Å². The molecule has 18 heavy (non-hydrogen) atoms. The van der Waals surface area contributed by atoms with Gasteiger partial charge in [-0.3, -0.25) is 4.68 Å². The molecule has 0 amide bonds. The molecule has 2 atom stereocenters. The normalized spacial score (nSPS) is 21.7. The lowest BCUT2D eigenvalue weighted by Gasteiger charge is -2.19. The van der Waals surface area contributed by atoms with Crippen LogP contribution in [0.5, 0.6) is 0 Å². The molecule has 1 aliphatic heterocycles. The summed E-state index contributed by atoms with van der Waals surface area (Å²) in [7, 11) is 1.90.